The molecule has 0 spiro atoms. The van der Waals surface area contributed by atoms with Crippen LogP contribution in [0, 0.1) is 0 Å². The first kappa shape index (κ1) is 14.5. The summed E-state index contributed by atoms with van der Waals surface area (Å²) in [5.74, 6) is 0.166. The predicted molar refractivity (Wildman–Crippen MR) is 76.2 cm³/mol. The molecule has 2 atom stereocenters. The van der Waals surface area contributed by atoms with E-state index in [1.54, 1.807) is 6.92 Å². The van der Waals surface area contributed by atoms with Gasteiger partial charge in [0.1, 0.15) is 4.21 Å². The highest BCUT2D eigenvalue weighted by molar-refractivity contribution is 7.94. The second kappa shape index (κ2) is 4.90. The van der Waals surface area contributed by atoms with E-state index in [1.807, 2.05) is 19.9 Å². The lowest BCUT2D eigenvalue weighted by Crippen LogP contribution is -2.35. The van der Waals surface area contributed by atoms with Crippen LogP contribution in [-0.4, -0.2) is 19.6 Å². The molecule has 0 aromatic carbocycles. The molecule has 1 aromatic rings. The third kappa shape index (κ3) is 2.56. The van der Waals surface area contributed by atoms with Crippen molar-refractivity contribution in [1.82, 2.24) is 5.32 Å². The summed E-state index contributed by atoms with van der Waals surface area (Å²) >= 11 is 1.35. The van der Waals surface area contributed by atoms with Crippen LogP contribution in [0.4, 0.5) is 0 Å². The minimum Gasteiger partial charge on any atom is -0.349 e. The van der Waals surface area contributed by atoms with Crippen LogP contribution in [0.2, 0.25) is 0 Å². The Labute approximate surface area is 118 Å². The maximum atomic E-state index is 12.4. The van der Waals surface area contributed by atoms with Gasteiger partial charge in [-0.3, -0.25) is 4.79 Å². The summed E-state index contributed by atoms with van der Waals surface area (Å²) in [6.45, 7) is 7.26. The Morgan fingerprint density at radius 1 is 1.47 bits per heavy atom. The van der Waals surface area contributed by atoms with Gasteiger partial charge in [-0.1, -0.05) is 13.8 Å². The highest BCUT2D eigenvalue weighted by atomic mass is 32.2. The fraction of sp³-hybridized carbons (Fsp3) is 0.615. The molecule has 6 heteroatoms. The normalized spacial score (nSPS) is 25.1. The molecule has 0 saturated carbocycles. The summed E-state index contributed by atoms with van der Waals surface area (Å²) in [6, 6.07) is 1.75. The van der Waals surface area contributed by atoms with Crippen LogP contribution < -0.4 is 5.32 Å². The molecule has 0 saturated heterocycles. The minimum absolute atomic E-state index is 0.125. The molecular formula is C13H19NO3S2. The lowest BCUT2D eigenvalue weighted by molar-refractivity contribution is -0.119. The molecule has 2 heterocycles. The molecule has 0 radical (unpaired) electrons. The zero-order valence-corrected chi connectivity index (χ0v) is 13.2. The van der Waals surface area contributed by atoms with Gasteiger partial charge in [-0.05, 0) is 25.3 Å². The van der Waals surface area contributed by atoms with E-state index in [2.05, 4.69) is 5.32 Å². The van der Waals surface area contributed by atoms with Gasteiger partial charge in [-0.25, -0.2) is 8.42 Å². The zero-order chi connectivity index (χ0) is 14.4. The molecule has 0 bridgehead atoms. The van der Waals surface area contributed by atoms with Gasteiger partial charge in [0.05, 0.1) is 11.3 Å². The maximum absolute atomic E-state index is 12.4. The van der Waals surface area contributed by atoms with Crippen molar-refractivity contribution in [2.24, 2.45) is 0 Å². The van der Waals surface area contributed by atoms with Crippen molar-refractivity contribution in [3.8, 4) is 0 Å². The molecule has 1 N–H and O–H groups in total. The summed E-state index contributed by atoms with van der Waals surface area (Å²) < 4.78 is 25.2. The number of sulfone groups is 1. The van der Waals surface area contributed by atoms with Crippen LogP contribution in [0.15, 0.2) is 10.3 Å². The van der Waals surface area contributed by atoms with E-state index in [4.69, 9.17) is 0 Å². The monoisotopic (exact) mass is 301 g/mol. The number of carbonyl (C=O) groups excluding carboxylic acids is 1. The molecule has 1 aliphatic rings. The topological polar surface area (TPSA) is 63.2 Å². The van der Waals surface area contributed by atoms with E-state index in [0.717, 1.165) is 10.4 Å². The maximum Gasteiger partial charge on any atom is 0.217 e. The second-order valence-electron chi connectivity index (χ2n) is 5.39. The van der Waals surface area contributed by atoms with Gasteiger partial charge in [0.15, 0.2) is 9.84 Å². The van der Waals surface area contributed by atoms with Crippen molar-refractivity contribution in [1.29, 1.82) is 0 Å². The van der Waals surface area contributed by atoms with Crippen molar-refractivity contribution in [2.75, 3.05) is 0 Å². The number of carbonyl (C=O) groups is 1. The summed E-state index contributed by atoms with van der Waals surface area (Å²) in [4.78, 5) is 12.3. The van der Waals surface area contributed by atoms with E-state index in [-0.39, 0.29) is 11.9 Å². The van der Waals surface area contributed by atoms with Crippen LogP contribution in [0.1, 0.15) is 56.5 Å². The Bertz CT molecular complexity index is 601. The summed E-state index contributed by atoms with van der Waals surface area (Å²) in [7, 11) is -3.23. The molecule has 2 rings (SSSR count). The smallest absolute Gasteiger partial charge is 0.217 e. The zero-order valence-electron chi connectivity index (χ0n) is 11.6. The first-order chi connectivity index (χ1) is 8.73. The SMILES string of the molecule is CC(=O)NC1CC(C)S(=O)(=O)c2sc(C(C)C)cc21. The van der Waals surface area contributed by atoms with E-state index in [0.29, 0.717) is 16.5 Å². The number of fused-ring (bicyclic) bond motifs is 1. The van der Waals surface area contributed by atoms with Gasteiger partial charge in [0, 0.05) is 17.4 Å². The fourth-order valence-electron chi connectivity index (χ4n) is 2.31. The molecule has 19 heavy (non-hydrogen) atoms. The highest BCUT2D eigenvalue weighted by Gasteiger charge is 2.38. The number of hydrogen-bond acceptors (Lipinski definition) is 4. The molecule has 2 unspecified atom stereocenters. The van der Waals surface area contributed by atoms with Crippen molar-refractivity contribution < 1.29 is 13.2 Å². The molecule has 106 valence electrons. The summed E-state index contributed by atoms with van der Waals surface area (Å²) in [5, 5.41) is 2.41. The quantitative estimate of drug-likeness (QED) is 0.913. The lowest BCUT2D eigenvalue weighted by atomic mass is 10.0. The average Bonchev–Trinajstić information content (AvgIpc) is 2.71. The number of nitrogens with one attached hydrogen (secondary N) is 1. The van der Waals surface area contributed by atoms with Crippen molar-refractivity contribution in [3.05, 3.63) is 16.5 Å². The lowest BCUT2D eigenvalue weighted by Gasteiger charge is -2.27. The van der Waals surface area contributed by atoms with Crippen LogP contribution in [0.3, 0.4) is 0 Å². The van der Waals surface area contributed by atoms with Crippen LogP contribution in [0.5, 0.6) is 0 Å². The molecule has 1 amide bonds. The number of thiophene rings is 1. The first-order valence-corrected chi connectivity index (χ1v) is 8.74. The highest BCUT2D eigenvalue weighted by Crippen LogP contribution is 2.43. The number of hydrogen-bond donors (Lipinski definition) is 1. The predicted octanol–water partition coefficient (Wildman–Crippen LogP) is 2.61. The molecule has 4 nitrogen and oxygen atoms in total. The van der Waals surface area contributed by atoms with Gasteiger partial charge in [-0.2, -0.15) is 0 Å². The third-order valence-electron chi connectivity index (χ3n) is 3.42. The Balaban J connectivity index is 2.54. The summed E-state index contributed by atoms with van der Waals surface area (Å²) in [5.41, 5.74) is 0.766. The van der Waals surface area contributed by atoms with E-state index in [1.165, 1.54) is 18.3 Å². The van der Waals surface area contributed by atoms with Gasteiger partial charge in [0.25, 0.3) is 0 Å². The molecule has 1 aromatic heterocycles. The van der Waals surface area contributed by atoms with Crippen molar-refractivity contribution in [3.63, 3.8) is 0 Å². The molecule has 1 aliphatic heterocycles. The van der Waals surface area contributed by atoms with Crippen molar-refractivity contribution in [2.45, 2.75) is 55.5 Å². The van der Waals surface area contributed by atoms with Gasteiger partial charge in [0.2, 0.25) is 5.91 Å². The Kier molecular flexibility index (Phi) is 3.75. The van der Waals surface area contributed by atoms with Crippen molar-refractivity contribution >= 4 is 27.1 Å². The Morgan fingerprint density at radius 2 is 2.11 bits per heavy atom. The number of amides is 1. The fourth-order valence-corrected chi connectivity index (χ4v) is 5.85. The Morgan fingerprint density at radius 3 is 2.63 bits per heavy atom. The van der Waals surface area contributed by atoms with Gasteiger partial charge < -0.3 is 5.32 Å². The largest absolute Gasteiger partial charge is 0.349 e. The number of rotatable bonds is 2. The van der Waals surface area contributed by atoms with E-state index >= 15 is 0 Å². The van der Waals surface area contributed by atoms with Crippen LogP contribution >= 0.6 is 11.3 Å². The van der Waals surface area contributed by atoms with E-state index < -0.39 is 15.1 Å². The minimum atomic E-state index is -3.23. The average molecular weight is 301 g/mol. The first-order valence-electron chi connectivity index (χ1n) is 6.38. The molecule has 0 aliphatic carbocycles. The van der Waals surface area contributed by atoms with Gasteiger partial charge in [-0.15, -0.1) is 11.3 Å². The summed E-state index contributed by atoms with van der Waals surface area (Å²) in [6.07, 6.45) is 0.448. The standard InChI is InChI=1S/C13H19NO3S2/c1-7(2)12-6-10-11(14-9(4)15)5-8(3)19(16,17)13(10)18-12/h6-8,11H,5H2,1-4H3,(H,14,15). The van der Waals surface area contributed by atoms with Gasteiger partial charge >= 0.3 is 0 Å². The second-order valence-corrected chi connectivity index (χ2v) is 9.04. The Hall–Kier alpha value is -0.880. The van der Waals surface area contributed by atoms with Crippen LogP contribution in [-0.2, 0) is 14.6 Å². The van der Waals surface area contributed by atoms with E-state index in [9.17, 15) is 13.2 Å². The molecule has 0 fully saturated rings. The third-order valence-corrected chi connectivity index (χ3v) is 7.62. The molecular weight excluding hydrogens is 282 g/mol. The van der Waals surface area contributed by atoms with Crippen LogP contribution in [0.25, 0.3) is 0 Å².